The van der Waals surface area contributed by atoms with Gasteiger partial charge in [-0.2, -0.15) is 4.98 Å². The average Bonchev–Trinajstić information content (AvgIpc) is 2.47. The lowest BCUT2D eigenvalue weighted by Crippen LogP contribution is -2.07. The molecule has 0 aliphatic carbocycles. The van der Waals surface area contributed by atoms with E-state index < -0.39 is 0 Å². The fourth-order valence-electron chi connectivity index (χ4n) is 0.655. The van der Waals surface area contributed by atoms with Gasteiger partial charge in [-0.05, 0) is 0 Å². The first-order valence-corrected chi connectivity index (χ1v) is 4.91. The predicted molar refractivity (Wildman–Crippen MR) is 50.7 cm³/mol. The first kappa shape index (κ1) is 10.2. The van der Waals surface area contributed by atoms with Gasteiger partial charge in [0.05, 0.1) is 5.75 Å². The fraction of sp³-hybridized carbons (Fsp3) is 0.625. The van der Waals surface area contributed by atoms with Crippen molar-refractivity contribution in [3.8, 4) is 0 Å². The van der Waals surface area contributed by atoms with Gasteiger partial charge in [0, 0.05) is 4.75 Å². The van der Waals surface area contributed by atoms with Gasteiger partial charge < -0.3 is 4.52 Å². The molecule has 0 N–H and O–H groups in total. The summed E-state index contributed by atoms with van der Waals surface area (Å²) >= 11 is 1.71. The van der Waals surface area contributed by atoms with E-state index in [2.05, 4.69) is 35.4 Å². The Morgan fingerprint density at radius 3 is 2.69 bits per heavy atom. The molecule has 1 aromatic rings. The predicted octanol–water partition coefficient (Wildman–Crippen LogP) is 1.91. The maximum atomic E-state index is 10.2. The third-order valence-corrected chi connectivity index (χ3v) is 2.49. The fourth-order valence-corrected chi connectivity index (χ4v) is 1.33. The van der Waals surface area contributed by atoms with Gasteiger partial charge in [-0.15, -0.1) is 11.8 Å². The van der Waals surface area contributed by atoms with E-state index in [1.165, 1.54) is 0 Å². The van der Waals surface area contributed by atoms with Crippen LogP contribution in [-0.2, 0) is 5.75 Å². The first-order valence-electron chi connectivity index (χ1n) is 3.93. The van der Waals surface area contributed by atoms with Crippen LogP contribution in [0.25, 0.3) is 0 Å². The summed E-state index contributed by atoms with van der Waals surface area (Å²) in [6, 6.07) is 0. The third kappa shape index (κ3) is 3.59. The van der Waals surface area contributed by atoms with E-state index in [1.54, 1.807) is 11.8 Å². The summed E-state index contributed by atoms with van der Waals surface area (Å²) in [5, 5.41) is 3.65. The molecule has 0 bridgehead atoms. The van der Waals surface area contributed by atoms with Crippen molar-refractivity contribution in [2.45, 2.75) is 31.3 Å². The van der Waals surface area contributed by atoms with E-state index in [-0.39, 0.29) is 10.6 Å². The molecular formula is C8H12N2O2S. The van der Waals surface area contributed by atoms with Crippen LogP contribution in [0.2, 0.25) is 0 Å². The molecule has 4 nitrogen and oxygen atoms in total. The van der Waals surface area contributed by atoms with E-state index in [0.29, 0.717) is 17.9 Å². The van der Waals surface area contributed by atoms with Gasteiger partial charge >= 0.3 is 0 Å². The number of hydrogen-bond donors (Lipinski definition) is 0. The van der Waals surface area contributed by atoms with Crippen molar-refractivity contribution in [1.29, 1.82) is 0 Å². The van der Waals surface area contributed by atoms with Gasteiger partial charge in [-0.3, -0.25) is 4.79 Å². The Kier molecular flexibility index (Phi) is 3.08. The van der Waals surface area contributed by atoms with Gasteiger partial charge in [-0.25, -0.2) is 0 Å². The molecule has 1 rings (SSSR count). The molecule has 0 aromatic carbocycles. The highest BCUT2D eigenvalue weighted by Crippen LogP contribution is 2.25. The average molecular weight is 200 g/mol. The van der Waals surface area contributed by atoms with Crippen molar-refractivity contribution in [1.82, 2.24) is 10.1 Å². The van der Waals surface area contributed by atoms with Crippen LogP contribution in [0.3, 0.4) is 0 Å². The van der Waals surface area contributed by atoms with Crippen molar-refractivity contribution in [3.63, 3.8) is 0 Å². The summed E-state index contributed by atoms with van der Waals surface area (Å²) in [6.07, 6.45) is 0.554. The molecule has 72 valence electrons. The number of thioether (sulfide) groups is 1. The summed E-state index contributed by atoms with van der Waals surface area (Å²) in [4.78, 5) is 14.1. The van der Waals surface area contributed by atoms with Crippen molar-refractivity contribution >= 4 is 18.0 Å². The zero-order valence-corrected chi connectivity index (χ0v) is 8.72. The molecule has 0 saturated heterocycles. The largest absolute Gasteiger partial charge is 0.331 e. The van der Waals surface area contributed by atoms with E-state index >= 15 is 0 Å². The molecule has 0 saturated carbocycles. The van der Waals surface area contributed by atoms with Crippen molar-refractivity contribution in [2.75, 3.05) is 0 Å². The molecule has 1 aromatic heterocycles. The van der Waals surface area contributed by atoms with Crippen molar-refractivity contribution < 1.29 is 9.32 Å². The summed E-state index contributed by atoms with van der Waals surface area (Å²) in [5.41, 5.74) is 0. The van der Waals surface area contributed by atoms with Gasteiger partial charge in [0.15, 0.2) is 5.82 Å². The SMILES string of the molecule is CC(C)(C)SCc1noc(C=O)n1. The van der Waals surface area contributed by atoms with E-state index in [4.69, 9.17) is 0 Å². The summed E-state index contributed by atoms with van der Waals surface area (Å²) < 4.78 is 4.81. The van der Waals surface area contributed by atoms with Crippen LogP contribution in [0.5, 0.6) is 0 Å². The second-order valence-corrected chi connectivity index (χ2v) is 5.37. The van der Waals surface area contributed by atoms with Crippen LogP contribution in [0.4, 0.5) is 0 Å². The molecule has 5 heteroatoms. The molecule has 0 atom stereocenters. The summed E-state index contributed by atoms with van der Waals surface area (Å²) in [6.45, 7) is 6.33. The van der Waals surface area contributed by atoms with Gasteiger partial charge in [-0.1, -0.05) is 25.9 Å². The van der Waals surface area contributed by atoms with E-state index in [0.717, 1.165) is 0 Å². The van der Waals surface area contributed by atoms with Gasteiger partial charge in [0.1, 0.15) is 0 Å². The highest BCUT2D eigenvalue weighted by Gasteiger charge is 2.13. The maximum Gasteiger partial charge on any atom is 0.290 e. The standard InChI is InChI=1S/C8H12N2O2S/c1-8(2,3)13-5-6-9-7(4-11)12-10-6/h4H,5H2,1-3H3. The quantitative estimate of drug-likeness (QED) is 0.697. The van der Waals surface area contributed by atoms with E-state index in [9.17, 15) is 4.79 Å². The molecule has 0 fully saturated rings. The van der Waals surface area contributed by atoms with Gasteiger partial charge in [0.25, 0.3) is 5.89 Å². The van der Waals surface area contributed by atoms with Crippen LogP contribution in [0, 0.1) is 0 Å². The Labute approximate surface area is 81.1 Å². The highest BCUT2D eigenvalue weighted by molar-refractivity contribution is 7.99. The Bertz CT molecular complexity index is 291. The van der Waals surface area contributed by atoms with E-state index in [1.807, 2.05) is 0 Å². The smallest absolute Gasteiger partial charge is 0.290 e. The number of aldehydes is 1. The van der Waals surface area contributed by atoms with Crippen LogP contribution in [0.1, 0.15) is 37.3 Å². The lowest BCUT2D eigenvalue weighted by atomic mass is 10.3. The number of rotatable bonds is 3. The zero-order valence-electron chi connectivity index (χ0n) is 7.90. The number of nitrogens with zero attached hydrogens (tertiary/aromatic N) is 2. The molecule has 0 amide bonds. The molecular weight excluding hydrogens is 188 g/mol. The minimum Gasteiger partial charge on any atom is -0.331 e. The lowest BCUT2D eigenvalue weighted by Gasteiger charge is -2.15. The number of carbonyl (C=O) groups is 1. The Morgan fingerprint density at radius 2 is 2.23 bits per heavy atom. The molecule has 0 aliphatic rings. The molecule has 0 spiro atoms. The molecule has 0 unspecified atom stereocenters. The molecule has 0 aliphatic heterocycles. The minimum absolute atomic E-state index is 0.0458. The molecule has 1 heterocycles. The second-order valence-electron chi connectivity index (χ2n) is 3.57. The van der Waals surface area contributed by atoms with Crippen LogP contribution in [0.15, 0.2) is 4.52 Å². The highest BCUT2D eigenvalue weighted by atomic mass is 32.2. The van der Waals surface area contributed by atoms with Crippen LogP contribution >= 0.6 is 11.8 Å². The summed E-state index contributed by atoms with van der Waals surface area (Å²) in [5.74, 6) is 1.28. The maximum absolute atomic E-state index is 10.2. The number of hydrogen-bond acceptors (Lipinski definition) is 5. The zero-order chi connectivity index (χ0) is 9.90. The Morgan fingerprint density at radius 1 is 1.54 bits per heavy atom. The molecule has 13 heavy (non-hydrogen) atoms. The van der Waals surface area contributed by atoms with Crippen molar-refractivity contribution in [3.05, 3.63) is 11.7 Å². The minimum atomic E-state index is 0.0458. The molecule has 0 radical (unpaired) electrons. The third-order valence-electron chi connectivity index (χ3n) is 1.22. The first-order chi connectivity index (χ1) is 6.01. The Hall–Kier alpha value is -0.840. The second kappa shape index (κ2) is 3.91. The number of carbonyl (C=O) groups excluding carboxylic acids is 1. The van der Waals surface area contributed by atoms with Crippen LogP contribution < -0.4 is 0 Å². The monoisotopic (exact) mass is 200 g/mol. The van der Waals surface area contributed by atoms with Gasteiger partial charge in [0.2, 0.25) is 6.29 Å². The lowest BCUT2D eigenvalue weighted by molar-refractivity contribution is 0.108. The normalized spacial score (nSPS) is 11.6. The summed E-state index contributed by atoms with van der Waals surface area (Å²) in [7, 11) is 0. The van der Waals surface area contributed by atoms with Crippen molar-refractivity contribution in [2.24, 2.45) is 0 Å². The van der Waals surface area contributed by atoms with Crippen LogP contribution in [-0.4, -0.2) is 21.2 Å². The topological polar surface area (TPSA) is 56.0 Å². The number of aromatic nitrogens is 2. The Balaban J connectivity index is 2.50.